The summed E-state index contributed by atoms with van der Waals surface area (Å²) < 4.78 is 0. The summed E-state index contributed by atoms with van der Waals surface area (Å²) in [5.74, 6) is 0. The second kappa shape index (κ2) is 2.72. The van der Waals surface area contributed by atoms with E-state index in [1.807, 2.05) is 0 Å². The van der Waals surface area contributed by atoms with Crippen molar-refractivity contribution >= 4 is 11.3 Å². The number of fused-ring (bicyclic) bond motifs is 1. The van der Waals surface area contributed by atoms with Gasteiger partial charge >= 0.3 is 0 Å². The Morgan fingerprint density at radius 1 is 1.60 bits per heavy atom. The minimum absolute atomic E-state index is 1.05. The van der Waals surface area contributed by atoms with Crippen molar-refractivity contribution in [1.82, 2.24) is 5.32 Å². The molecule has 0 atom stereocenters. The van der Waals surface area contributed by atoms with E-state index >= 15 is 0 Å². The summed E-state index contributed by atoms with van der Waals surface area (Å²) in [6.07, 6.45) is 2.53. The maximum absolute atomic E-state index is 3.38. The van der Waals surface area contributed by atoms with E-state index in [0.29, 0.717) is 0 Å². The molecule has 1 radical (unpaired) electrons. The molecule has 10 heavy (non-hydrogen) atoms. The molecule has 0 spiro atoms. The van der Waals surface area contributed by atoms with Gasteiger partial charge < -0.3 is 5.32 Å². The third-order valence-corrected chi connectivity index (χ3v) is 2.79. The maximum Gasteiger partial charge on any atom is 0.0449 e. The van der Waals surface area contributed by atoms with Gasteiger partial charge in [-0.1, -0.05) is 0 Å². The topological polar surface area (TPSA) is 12.0 Å². The smallest absolute Gasteiger partial charge is 0.0449 e. The zero-order chi connectivity index (χ0) is 6.81. The molecule has 0 fully saturated rings. The number of rotatable bonds is 0. The number of aryl methyl sites for hydroxylation is 1. The Kier molecular flexibility index (Phi) is 1.74. The van der Waals surface area contributed by atoms with Crippen LogP contribution in [0.3, 0.4) is 0 Å². The fourth-order valence-corrected chi connectivity index (χ4v) is 2.13. The van der Waals surface area contributed by atoms with Crippen LogP contribution in [0.15, 0.2) is 6.07 Å². The third kappa shape index (κ3) is 1.09. The van der Waals surface area contributed by atoms with Gasteiger partial charge in [0.25, 0.3) is 0 Å². The quantitative estimate of drug-likeness (QED) is 0.595. The van der Waals surface area contributed by atoms with Gasteiger partial charge in [0.1, 0.15) is 0 Å². The summed E-state index contributed by atoms with van der Waals surface area (Å²) in [6, 6.07) is 2.11. The van der Waals surface area contributed by atoms with Crippen molar-refractivity contribution in [3.05, 3.63) is 21.9 Å². The molecule has 0 amide bonds. The average molecular weight is 152 g/mol. The van der Waals surface area contributed by atoms with Crippen LogP contribution in [0.1, 0.15) is 16.9 Å². The Hall–Kier alpha value is -0.340. The maximum atomic E-state index is 3.38. The van der Waals surface area contributed by atoms with E-state index in [1.54, 1.807) is 11.3 Å². The highest BCUT2D eigenvalue weighted by molar-refractivity contribution is 7.09. The largest absolute Gasteiger partial charge is 0.313 e. The highest BCUT2D eigenvalue weighted by Gasteiger charge is 2.06. The van der Waals surface area contributed by atoms with E-state index in [9.17, 15) is 0 Å². The lowest BCUT2D eigenvalue weighted by molar-refractivity contribution is 0.681. The predicted octanol–water partition coefficient (Wildman–Crippen LogP) is 1.58. The molecule has 1 aromatic heterocycles. The SMILES string of the molecule is [c]1cc2c(s1)CCCNC2. The monoisotopic (exact) mass is 152 g/mol. The van der Waals surface area contributed by atoms with Gasteiger partial charge in [-0.15, -0.1) is 11.3 Å². The van der Waals surface area contributed by atoms with E-state index in [1.165, 1.54) is 29.8 Å². The van der Waals surface area contributed by atoms with Gasteiger partial charge in [0.15, 0.2) is 0 Å². The summed E-state index contributed by atoms with van der Waals surface area (Å²) in [7, 11) is 0. The molecule has 53 valence electrons. The first-order chi connectivity index (χ1) is 4.97. The summed E-state index contributed by atoms with van der Waals surface area (Å²) >= 11 is 1.77. The van der Waals surface area contributed by atoms with Gasteiger partial charge in [0, 0.05) is 16.8 Å². The minimum Gasteiger partial charge on any atom is -0.313 e. The molecule has 1 aromatic rings. The first kappa shape index (κ1) is 6.38. The van der Waals surface area contributed by atoms with Crippen molar-refractivity contribution in [2.45, 2.75) is 19.4 Å². The minimum atomic E-state index is 1.05. The van der Waals surface area contributed by atoms with E-state index in [0.717, 1.165) is 6.54 Å². The lowest BCUT2D eigenvalue weighted by atomic mass is 10.2. The molecule has 1 nitrogen and oxygen atoms in total. The van der Waals surface area contributed by atoms with Crippen molar-refractivity contribution in [2.75, 3.05) is 6.54 Å². The first-order valence-corrected chi connectivity index (χ1v) is 4.47. The molecular formula is C8H10NS. The summed E-state index contributed by atoms with van der Waals surface area (Å²) in [6.45, 7) is 2.22. The van der Waals surface area contributed by atoms with Crippen molar-refractivity contribution in [2.24, 2.45) is 0 Å². The molecule has 0 bridgehead atoms. The molecule has 0 saturated heterocycles. The average Bonchev–Trinajstić information content (AvgIpc) is 2.28. The van der Waals surface area contributed by atoms with Crippen molar-refractivity contribution in [3.63, 3.8) is 0 Å². The van der Waals surface area contributed by atoms with E-state index in [-0.39, 0.29) is 0 Å². The first-order valence-electron chi connectivity index (χ1n) is 3.65. The Bertz CT molecular complexity index is 196. The number of thiophene rings is 1. The molecule has 1 N–H and O–H groups in total. The van der Waals surface area contributed by atoms with Crippen LogP contribution in [0, 0.1) is 5.38 Å². The Labute approximate surface area is 65.1 Å². The molecule has 2 rings (SSSR count). The molecule has 0 aromatic carbocycles. The molecule has 1 aliphatic heterocycles. The highest BCUT2D eigenvalue weighted by Crippen LogP contribution is 2.19. The molecule has 2 heteroatoms. The zero-order valence-electron chi connectivity index (χ0n) is 5.81. The van der Waals surface area contributed by atoms with Gasteiger partial charge in [0.2, 0.25) is 0 Å². The molecule has 0 unspecified atom stereocenters. The highest BCUT2D eigenvalue weighted by atomic mass is 32.1. The van der Waals surface area contributed by atoms with Crippen molar-refractivity contribution < 1.29 is 0 Å². The summed E-state index contributed by atoms with van der Waals surface area (Å²) in [4.78, 5) is 1.53. The lowest BCUT2D eigenvalue weighted by Gasteiger charge is -1.94. The van der Waals surface area contributed by atoms with Crippen LogP contribution in [0.25, 0.3) is 0 Å². The Balaban J connectivity index is 2.28. The van der Waals surface area contributed by atoms with Crippen LogP contribution in [-0.4, -0.2) is 6.54 Å². The summed E-state index contributed by atoms with van der Waals surface area (Å²) in [5.41, 5.74) is 1.46. The molecule has 0 saturated carbocycles. The van der Waals surface area contributed by atoms with E-state index in [2.05, 4.69) is 16.8 Å². The number of hydrogen-bond acceptors (Lipinski definition) is 2. The van der Waals surface area contributed by atoms with E-state index in [4.69, 9.17) is 0 Å². The second-order valence-electron chi connectivity index (χ2n) is 2.59. The Morgan fingerprint density at radius 3 is 3.60 bits per heavy atom. The van der Waals surface area contributed by atoms with Gasteiger partial charge in [-0.3, -0.25) is 0 Å². The van der Waals surface area contributed by atoms with Gasteiger partial charge in [-0.25, -0.2) is 0 Å². The van der Waals surface area contributed by atoms with Crippen molar-refractivity contribution in [3.8, 4) is 0 Å². The molecule has 1 aliphatic rings. The van der Waals surface area contributed by atoms with Crippen molar-refractivity contribution in [1.29, 1.82) is 0 Å². The molecular weight excluding hydrogens is 142 g/mol. The predicted molar refractivity (Wildman–Crippen MR) is 43.2 cm³/mol. The van der Waals surface area contributed by atoms with Crippen LogP contribution < -0.4 is 5.32 Å². The number of nitrogens with one attached hydrogen (secondary N) is 1. The fraction of sp³-hybridized carbons (Fsp3) is 0.500. The molecule has 2 heterocycles. The van der Waals surface area contributed by atoms with E-state index < -0.39 is 0 Å². The third-order valence-electron chi connectivity index (χ3n) is 1.85. The summed E-state index contributed by atoms with van der Waals surface area (Å²) in [5, 5.41) is 6.55. The van der Waals surface area contributed by atoms with Gasteiger partial charge in [-0.05, 0) is 31.0 Å². The van der Waals surface area contributed by atoms with Crippen LogP contribution in [0.5, 0.6) is 0 Å². The fourth-order valence-electron chi connectivity index (χ4n) is 1.28. The standard InChI is InChI=1S/C8H10NS/c1-2-8-7(3-5-10-8)6-9-4-1/h3,9H,1-2,4,6H2. The van der Waals surface area contributed by atoms with Crippen LogP contribution in [-0.2, 0) is 13.0 Å². The zero-order valence-corrected chi connectivity index (χ0v) is 6.63. The van der Waals surface area contributed by atoms with Crippen LogP contribution in [0.2, 0.25) is 0 Å². The van der Waals surface area contributed by atoms with Crippen LogP contribution in [0.4, 0.5) is 0 Å². The Morgan fingerprint density at radius 2 is 2.60 bits per heavy atom. The lowest BCUT2D eigenvalue weighted by Crippen LogP contribution is -2.11. The second-order valence-corrected chi connectivity index (χ2v) is 3.53. The van der Waals surface area contributed by atoms with Gasteiger partial charge in [-0.2, -0.15) is 0 Å². The number of hydrogen-bond donors (Lipinski definition) is 1. The molecule has 0 aliphatic carbocycles. The van der Waals surface area contributed by atoms with Crippen LogP contribution >= 0.6 is 11.3 Å². The van der Waals surface area contributed by atoms with Gasteiger partial charge in [0.05, 0.1) is 0 Å². The normalized spacial score (nSPS) is 18.0.